The van der Waals surface area contributed by atoms with Gasteiger partial charge in [-0.15, -0.1) is 0 Å². The quantitative estimate of drug-likeness (QED) is 0.0982. The van der Waals surface area contributed by atoms with Gasteiger partial charge in [-0.25, -0.2) is 0 Å². The van der Waals surface area contributed by atoms with Crippen LogP contribution in [0.25, 0.3) is 0 Å². The molecule has 8 rings (SSSR count). The molecule has 6 nitrogen and oxygen atoms in total. The number of rotatable bonds is 11. The van der Waals surface area contributed by atoms with Gasteiger partial charge in [-0.2, -0.15) is 0 Å². The van der Waals surface area contributed by atoms with Crippen molar-refractivity contribution in [1.82, 2.24) is 0 Å². The van der Waals surface area contributed by atoms with Gasteiger partial charge in [0.2, 0.25) is 0 Å². The fourth-order valence-electron chi connectivity index (χ4n) is 12.1. The summed E-state index contributed by atoms with van der Waals surface area (Å²) in [6.07, 6.45) is 5.95. The lowest BCUT2D eigenvalue weighted by molar-refractivity contribution is -0.256. The molecule has 10 atom stereocenters. The molecule has 2 aliphatic heterocycles. The van der Waals surface area contributed by atoms with Gasteiger partial charge >= 0.3 is 5.97 Å². The number of ether oxygens (including phenoxy) is 5. The highest BCUT2D eigenvalue weighted by Gasteiger charge is 2.88. The molecule has 4 bridgehead atoms. The molecule has 50 heavy (non-hydrogen) atoms. The normalized spacial score (nSPS) is 38.9. The number of hydrogen-bond acceptors (Lipinski definition) is 6. The zero-order valence-corrected chi connectivity index (χ0v) is 32.2. The van der Waals surface area contributed by atoms with Crippen LogP contribution in [0.3, 0.4) is 0 Å². The Balaban J connectivity index is 1.34. The topological polar surface area (TPSA) is 63.2 Å². The van der Waals surface area contributed by atoms with Crippen LogP contribution in [-0.2, 0) is 28.5 Å². The van der Waals surface area contributed by atoms with E-state index in [0.717, 1.165) is 53.2 Å². The van der Waals surface area contributed by atoms with Crippen molar-refractivity contribution in [2.75, 3.05) is 24.2 Å². The minimum absolute atomic E-state index is 0.0570. The van der Waals surface area contributed by atoms with Crippen molar-refractivity contribution in [2.45, 2.75) is 90.5 Å². The van der Waals surface area contributed by atoms with E-state index in [0.29, 0.717) is 31.7 Å². The first kappa shape index (κ1) is 35.0. The molecule has 4 aliphatic carbocycles. The molecule has 2 saturated heterocycles. The summed E-state index contributed by atoms with van der Waals surface area (Å²) >= 11 is 2.45. The summed E-state index contributed by atoms with van der Waals surface area (Å²) < 4.78 is 35.2. The van der Waals surface area contributed by atoms with Gasteiger partial charge in [-0.3, -0.25) is 4.79 Å². The Hall–Kier alpha value is -2.04. The molecule has 0 amide bonds. The van der Waals surface area contributed by atoms with Crippen LogP contribution in [0.5, 0.6) is 0 Å². The average Bonchev–Trinajstić information content (AvgIpc) is 3.95. The van der Waals surface area contributed by atoms with Gasteiger partial charge < -0.3 is 23.7 Å². The van der Waals surface area contributed by atoms with Crippen LogP contribution in [0.1, 0.15) is 77.0 Å². The van der Waals surface area contributed by atoms with Crippen molar-refractivity contribution in [1.29, 1.82) is 0 Å². The zero-order valence-electron chi connectivity index (χ0n) is 30.0. The first-order valence-electron chi connectivity index (χ1n) is 18.9. The van der Waals surface area contributed by atoms with E-state index in [1.54, 1.807) is 0 Å². The first-order valence-corrected chi connectivity index (χ1v) is 20.4. The van der Waals surface area contributed by atoms with Gasteiger partial charge in [-0.05, 0) is 66.9 Å². The molecule has 2 aromatic rings. The largest absolute Gasteiger partial charge is 0.452 e. The molecule has 0 N–H and O–H groups in total. The number of esters is 1. The summed E-state index contributed by atoms with van der Waals surface area (Å²) in [5, 5.41) is 0. The van der Waals surface area contributed by atoms with E-state index in [2.05, 4.69) is 80.3 Å². The van der Waals surface area contributed by atoms with Gasteiger partial charge in [0.25, 0.3) is 0 Å². The number of carbonyl (C=O) groups excluding carboxylic acids is 1. The van der Waals surface area contributed by atoms with Gasteiger partial charge in [0.1, 0.15) is 5.41 Å². The van der Waals surface area contributed by atoms with Crippen molar-refractivity contribution in [3.63, 3.8) is 0 Å². The minimum atomic E-state index is -0.982. The van der Waals surface area contributed by atoms with Gasteiger partial charge in [0, 0.05) is 21.7 Å². The monoisotopic (exact) mass is 792 g/mol. The minimum Gasteiger partial charge on any atom is -0.452 e. The van der Waals surface area contributed by atoms with Crippen molar-refractivity contribution in [2.24, 2.45) is 45.8 Å². The van der Waals surface area contributed by atoms with E-state index < -0.39 is 28.6 Å². The molecule has 2 aromatic carbocycles. The van der Waals surface area contributed by atoms with Crippen LogP contribution in [0, 0.1) is 45.8 Å². The molecule has 5 fully saturated rings. The van der Waals surface area contributed by atoms with Crippen LogP contribution >= 0.6 is 22.6 Å². The van der Waals surface area contributed by atoms with E-state index >= 15 is 4.79 Å². The zero-order chi connectivity index (χ0) is 34.8. The summed E-state index contributed by atoms with van der Waals surface area (Å²) in [7, 11) is 0. The number of halogens is 1. The third kappa shape index (κ3) is 4.95. The lowest BCUT2D eigenvalue weighted by Crippen LogP contribution is -2.68. The van der Waals surface area contributed by atoms with Gasteiger partial charge in [-0.1, -0.05) is 134 Å². The Labute approximate surface area is 311 Å². The SMILES string of the molecule is C=C(C)COC1C[C@H](C23C[C@@H]4[C@H](C)CC[C@H]4C4(C5OCCO5)CC2C=C(C(C)C)C43C(=O)OC(c2ccccc2)c2ccccc2)OC1CI. The van der Waals surface area contributed by atoms with Crippen LogP contribution in [0.2, 0.25) is 0 Å². The Bertz CT molecular complexity index is 1560. The number of allylic oxidation sites excluding steroid dienone is 1. The number of fused-ring (bicyclic) bond motifs is 2. The van der Waals surface area contributed by atoms with Crippen LogP contribution in [-0.4, -0.2) is 54.8 Å². The number of alkyl halides is 1. The number of benzene rings is 2. The van der Waals surface area contributed by atoms with Crippen molar-refractivity contribution in [3.8, 4) is 0 Å². The van der Waals surface area contributed by atoms with Crippen LogP contribution in [0.15, 0.2) is 84.5 Å². The lowest BCUT2D eigenvalue weighted by Gasteiger charge is -2.63. The molecule has 6 aliphatic rings. The van der Waals surface area contributed by atoms with Gasteiger partial charge in [0.15, 0.2) is 12.4 Å². The van der Waals surface area contributed by atoms with E-state index in [9.17, 15) is 0 Å². The summed E-state index contributed by atoms with van der Waals surface area (Å²) in [5.41, 5.74) is 2.09. The highest BCUT2D eigenvalue weighted by Crippen LogP contribution is 2.86. The molecular weight excluding hydrogens is 739 g/mol. The molecule has 2 heterocycles. The number of carbonyl (C=O) groups is 1. The Morgan fingerprint density at radius 3 is 2.24 bits per heavy atom. The predicted molar refractivity (Wildman–Crippen MR) is 202 cm³/mol. The van der Waals surface area contributed by atoms with E-state index in [4.69, 9.17) is 23.7 Å². The summed E-state index contributed by atoms with van der Waals surface area (Å²) in [6.45, 7) is 14.7. The lowest BCUT2D eigenvalue weighted by atomic mass is 9.41. The first-order chi connectivity index (χ1) is 24.2. The molecule has 0 spiro atoms. The molecule has 268 valence electrons. The molecule has 6 unspecified atom stereocenters. The number of hydrogen-bond donors (Lipinski definition) is 0. The predicted octanol–water partition coefficient (Wildman–Crippen LogP) is 8.89. The summed E-state index contributed by atoms with van der Waals surface area (Å²) in [6, 6.07) is 20.5. The summed E-state index contributed by atoms with van der Waals surface area (Å²) in [4.78, 5) is 16.3. The van der Waals surface area contributed by atoms with Crippen LogP contribution < -0.4 is 0 Å². The average molecular weight is 793 g/mol. The summed E-state index contributed by atoms with van der Waals surface area (Å²) in [5.74, 6) is 1.43. The highest BCUT2D eigenvalue weighted by molar-refractivity contribution is 14.1. The molecular formula is C43H53IO6. The maximum absolute atomic E-state index is 16.3. The molecule has 0 aromatic heterocycles. The van der Waals surface area contributed by atoms with E-state index in [1.807, 2.05) is 43.3 Å². The van der Waals surface area contributed by atoms with E-state index in [-0.39, 0.29) is 42.0 Å². The van der Waals surface area contributed by atoms with E-state index in [1.165, 1.54) is 5.57 Å². The Morgan fingerprint density at radius 1 is 0.980 bits per heavy atom. The van der Waals surface area contributed by atoms with Crippen molar-refractivity contribution >= 4 is 28.6 Å². The van der Waals surface area contributed by atoms with Gasteiger partial charge in [0.05, 0.1) is 38.1 Å². The third-order valence-corrected chi connectivity index (χ3v) is 14.6. The second-order valence-electron chi connectivity index (χ2n) is 16.5. The molecule has 0 radical (unpaired) electrons. The fraction of sp³-hybridized carbons (Fsp3) is 0.605. The second kappa shape index (κ2) is 13.4. The standard InChI is InChI=1S/C43H53IO6/c1-26(2)25-48-35-21-37(49-36(35)24-44)41-23-32-28(5)16-17-33(32)42(40-46-18-19-47-40)22-31(41)20-34(27(3)4)43(41,42)39(45)50-38(29-12-8-6-9-13-29)30-14-10-7-11-15-30/h6-15,20,27-28,31-33,35-38,40H,1,16-19,21-25H2,2-5H3/t28-,31?,32-,33-,35?,36?,37-,41?,42?,43?/m1/s1. The Kier molecular flexibility index (Phi) is 9.40. The Morgan fingerprint density at radius 2 is 1.64 bits per heavy atom. The maximum Gasteiger partial charge on any atom is 0.318 e. The van der Waals surface area contributed by atoms with Crippen molar-refractivity contribution in [3.05, 3.63) is 95.6 Å². The second-order valence-corrected chi connectivity index (χ2v) is 17.4. The highest BCUT2D eigenvalue weighted by atomic mass is 127. The molecule has 3 saturated carbocycles. The maximum atomic E-state index is 16.3. The smallest absolute Gasteiger partial charge is 0.318 e. The fourth-order valence-corrected chi connectivity index (χ4v) is 12.9. The third-order valence-electron chi connectivity index (χ3n) is 13.7. The van der Waals surface area contributed by atoms with Crippen molar-refractivity contribution < 1.29 is 28.5 Å². The van der Waals surface area contributed by atoms with Crippen LogP contribution in [0.4, 0.5) is 0 Å². The molecule has 7 heteroatoms.